The summed E-state index contributed by atoms with van der Waals surface area (Å²) < 4.78 is 6.16. The Labute approximate surface area is 100 Å². The molecule has 0 aliphatic rings. The van der Waals surface area contributed by atoms with Gasteiger partial charge in [-0.2, -0.15) is 0 Å². The number of carbonyl (C=O) groups is 1. The van der Waals surface area contributed by atoms with E-state index in [1.165, 1.54) is 6.07 Å². The van der Waals surface area contributed by atoms with Gasteiger partial charge >= 0.3 is 5.97 Å². The second-order valence-electron chi connectivity index (χ2n) is 3.53. The van der Waals surface area contributed by atoms with Gasteiger partial charge in [-0.1, -0.05) is 23.4 Å². The van der Waals surface area contributed by atoms with Crippen LogP contribution in [0.3, 0.4) is 0 Å². The highest BCUT2D eigenvalue weighted by Crippen LogP contribution is 2.33. The maximum absolute atomic E-state index is 10.7. The normalized spacial score (nSPS) is 10.8. The standard InChI is InChI=1S/C12H7NO3S/c14-12(15)8-6-9(16-13-8)11-5-7-3-1-2-4-10(7)17-11/h1-6H,(H,14,15). The van der Waals surface area contributed by atoms with Crippen LogP contribution in [0.15, 0.2) is 40.9 Å². The SMILES string of the molecule is O=C(O)c1cc(-c2cc3ccccc3s2)on1. The maximum Gasteiger partial charge on any atom is 0.358 e. The number of benzene rings is 1. The predicted octanol–water partition coefficient (Wildman–Crippen LogP) is 3.25. The van der Waals surface area contributed by atoms with Gasteiger partial charge in [-0.25, -0.2) is 4.79 Å². The Hall–Kier alpha value is -2.14. The number of fused-ring (bicyclic) bond motifs is 1. The van der Waals surface area contributed by atoms with Crippen molar-refractivity contribution in [1.29, 1.82) is 0 Å². The van der Waals surface area contributed by atoms with Crippen molar-refractivity contribution in [3.05, 3.63) is 42.1 Å². The van der Waals surface area contributed by atoms with Crippen molar-refractivity contribution in [2.45, 2.75) is 0 Å². The van der Waals surface area contributed by atoms with Crippen LogP contribution in [0, 0.1) is 0 Å². The Morgan fingerprint density at radius 1 is 1.29 bits per heavy atom. The van der Waals surface area contributed by atoms with Crippen LogP contribution in [0.4, 0.5) is 0 Å². The molecule has 0 radical (unpaired) electrons. The van der Waals surface area contributed by atoms with Crippen LogP contribution in [-0.2, 0) is 0 Å². The van der Waals surface area contributed by atoms with E-state index in [9.17, 15) is 4.79 Å². The second kappa shape index (κ2) is 3.71. The van der Waals surface area contributed by atoms with E-state index in [1.807, 2.05) is 30.3 Å². The molecule has 5 heteroatoms. The van der Waals surface area contributed by atoms with Gasteiger partial charge in [-0.15, -0.1) is 11.3 Å². The fourth-order valence-corrected chi connectivity index (χ4v) is 2.61. The van der Waals surface area contributed by atoms with E-state index < -0.39 is 5.97 Å². The summed E-state index contributed by atoms with van der Waals surface area (Å²) in [6.07, 6.45) is 0. The summed E-state index contributed by atoms with van der Waals surface area (Å²) in [6.45, 7) is 0. The zero-order chi connectivity index (χ0) is 11.8. The Morgan fingerprint density at radius 3 is 2.82 bits per heavy atom. The molecule has 0 fully saturated rings. The third kappa shape index (κ3) is 1.70. The number of hydrogen-bond donors (Lipinski definition) is 1. The van der Waals surface area contributed by atoms with Gasteiger partial charge < -0.3 is 9.63 Å². The average molecular weight is 245 g/mol. The fourth-order valence-electron chi connectivity index (χ4n) is 1.60. The van der Waals surface area contributed by atoms with E-state index >= 15 is 0 Å². The van der Waals surface area contributed by atoms with E-state index in [0.717, 1.165) is 15.0 Å². The number of carboxylic acids is 1. The summed E-state index contributed by atoms with van der Waals surface area (Å²) in [6, 6.07) is 11.3. The molecule has 4 nitrogen and oxygen atoms in total. The van der Waals surface area contributed by atoms with Gasteiger partial charge in [0.05, 0.1) is 4.88 Å². The quantitative estimate of drug-likeness (QED) is 0.752. The molecule has 1 aromatic carbocycles. The Kier molecular flexibility index (Phi) is 2.19. The molecule has 3 rings (SSSR count). The van der Waals surface area contributed by atoms with Crippen molar-refractivity contribution in [2.24, 2.45) is 0 Å². The summed E-state index contributed by atoms with van der Waals surface area (Å²) >= 11 is 1.55. The molecule has 0 amide bonds. The minimum atomic E-state index is -1.08. The van der Waals surface area contributed by atoms with E-state index in [0.29, 0.717) is 5.76 Å². The Morgan fingerprint density at radius 2 is 2.12 bits per heavy atom. The number of aromatic carboxylic acids is 1. The molecule has 1 N–H and O–H groups in total. The molecule has 2 heterocycles. The molecule has 17 heavy (non-hydrogen) atoms. The van der Waals surface area contributed by atoms with Gasteiger partial charge in [0.1, 0.15) is 0 Å². The molecule has 0 bridgehead atoms. The van der Waals surface area contributed by atoms with Crippen molar-refractivity contribution >= 4 is 27.4 Å². The van der Waals surface area contributed by atoms with E-state index in [1.54, 1.807) is 11.3 Å². The Balaban J connectivity index is 2.10. The monoisotopic (exact) mass is 245 g/mol. The highest BCUT2D eigenvalue weighted by Gasteiger charge is 2.13. The lowest BCUT2D eigenvalue weighted by Crippen LogP contribution is -1.94. The first-order valence-corrected chi connectivity index (χ1v) is 5.74. The van der Waals surface area contributed by atoms with Crippen molar-refractivity contribution in [2.75, 3.05) is 0 Å². The van der Waals surface area contributed by atoms with Crippen molar-refractivity contribution in [1.82, 2.24) is 5.16 Å². The third-order valence-electron chi connectivity index (χ3n) is 2.40. The van der Waals surface area contributed by atoms with E-state index in [-0.39, 0.29) is 5.69 Å². The molecule has 0 atom stereocenters. The summed E-state index contributed by atoms with van der Waals surface area (Å²) in [5.41, 5.74) is -0.0718. The number of nitrogens with zero attached hydrogens (tertiary/aromatic N) is 1. The number of aromatic nitrogens is 1. The van der Waals surface area contributed by atoms with E-state index in [4.69, 9.17) is 9.63 Å². The van der Waals surface area contributed by atoms with Gasteiger partial charge in [-0.3, -0.25) is 0 Å². The molecule has 0 saturated carbocycles. The molecule has 0 aliphatic carbocycles. The molecule has 0 unspecified atom stereocenters. The lowest BCUT2D eigenvalue weighted by Gasteiger charge is -1.83. The van der Waals surface area contributed by atoms with Crippen molar-refractivity contribution in [3.63, 3.8) is 0 Å². The second-order valence-corrected chi connectivity index (χ2v) is 4.61. The van der Waals surface area contributed by atoms with Crippen molar-refractivity contribution in [3.8, 4) is 10.6 Å². The van der Waals surface area contributed by atoms with Crippen LogP contribution >= 0.6 is 11.3 Å². The highest BCUT2D eigenvalue weighted by molar-refractivity contribution is 7.22. The number of thiophene rings is 1. The Bertz CT molecular complexity index is 665. The highest BCUT2D eigenvalue weighted by atomic mass is 32.1. The van der Waals surface area contributed by atoms with Crippen LogP contribution in [-0.4, -0.2) is 16.2 Å². The first-order chi connectivity index (χ1) is 8.24. The van der Waals surface area contributed by atoms with Crippen molar-refractivity contribution < 1.29 is 14.4 Å². The van der Waals surface area contributed by atoms with Crippen LogP contribution in [0.5, 0.6) is 0 Å². The number of carboxylic acid groups (broad SMARTS) is 1. The number of hydrogen-bond acceptors (Lipinski definition) is 4. The van der Waals surface area contributed by atoms with Crippen LogP contribution in [0.1, 0.15) is 10.5 Å². The summed E-state index contributed by atoms with van der Waals surface area (Å²) in [7, 11) is 0. The summed E-state index contributed by atoms with van der Waals surface area (Å²) in [5, 5.41) is 13.4. The lowest BCUT2D eigenvalue weighted by molar-refractivity contribution is 0.0686. The van der Waals surface area contributed by atoms with Gasteiger partial charge in [-0.05, 0) is 17.5 Å². The van der Waals surface area contributed by atoms with Crippen LogP contribution in [0.25, 0.3) is 20.7 Å². The molecule has 84 valence electrons. The molecular weight excluding hydrogens is 238 g/mol. The zero-order valence-electron chi connectivity index (χ0n) is 8.58. The molecule has 0 spiro atoms. The minimum Gasteiger partial charge on any atom is -0.476 e. The van der Waals surface area contributed by atoms with Gasteiger partial charge in [0.25, 0.3) is 0 Å². The molecule has 3 aromatic rings. The summed E-state index contributed by atoms with van der Waals surface area (Å²) in [5.74, 6) is -0.593. The van der Waals surface area contributed by atoms with Gasteiger partial charge in [0.15, 0.2) is 11.5 Å². The predicted molar refractivity (Wildman–Crippen MR) is 64.3 cm³/mol. The van der Waals surface area contributed by atoms with Gasteiger partial charge in [0, 0.05) is 10.8 Å². The smallest absolute Gasteiger partial charge is 0.358 e. The molecular formula is C12H7NO3S. The van der Waals surface area contributed by atoms with Crippen LogP contribution < -0.4 is 0 Å². The van der Waals surface area contributed by atoms with Crippen LogP contribution in [0.2, 0.25) is 0 Å². The minimum absolute atomic E-state index is 0.0718. The molecule has 0 aliphatic heterocycles. The topological polar surface area (TPSA) is 63.3 Å². The zero-order valence-corrected chi connectivity index (χ0v) is 9.40. The lowest BCUT2D eigenvalue weighted by atomic mass is 10.2. The fraction of sp³-hybridized carbons (Fsp3) is 0. The number of rotatable bonds is 2. The summed E-state index contributed by atoms with van der Waals surface area (Å²) in [4.78, 5) is 11.6. The maximum atomic E-state index is 10.7. The molecule has 2 aromatic heterocycles. The first kappa shape index (κ1) is 10.0. The largest absolute Gasteiger partial charge is 0.476 e. The van der Waals surface area contributed by atoms with Gasteiger partial charge in [0.2, 0.25) is 0 Å². The average Bonchev–Trinajstić information content (AvgIpc) is 2.95. The first-order valence-electron chi connectivity index (χ1n) is 4.93. The molecule has 0 saturated heterocycles. The third-order valence-corrected chi connectivity index (χ3v) is 3.53. The van der Waals surface area contributed by atoms with E-state index in [2.05, 4.69) is 5.16 Å².